The molecular weight excluding hydrogens is 841 g/mol. The first-order valence-electron chi connectivity index (χ1n) is 19.0. The first kappa shape index (κ1) is 46.4. The average Bonchev–Trinajstić information content (AvgIpc) is 3.75. The predicted molar refractivity (Wildman–Crippen MR) is 229 cm³/mol. The number of aromatic carboxylic acids is 1. The molecule has 8 rings (SSSR count). The maximum absolute atomic E-state index is 12.1. The maximum atomic E-state index is 12.1. The number of benzene rings is 2. The zero-order valence-electron chi connectivity index (χ0n) is 33.7. The molecule has 10 N–H and O–H groups in total. The molecule has 6 aliphatic rings. The number of amides is 6. The topological polar surface area (TPSA) is 367 Å². The monoisotopic (exact) mass is 883 g/mol. The highest BCUT2D eigenvalue weighted by Crippen LogP contribution is 2.18. The van der Waals surface area contributed by atoms with Gasteiger partial charge in [-0.25, -0.2) is 19.6 Å². The zero-order chi connectivity index (χ0) is 46.5. The highest BCUT2D eigenvalue weighted by molar-refractivity contribution is 6.33. The molecule has 64 heavy (non-hydrogen) atoms. The van der Waals surface area contributed by atoms with Gasteiger partial charge in [0.2, 0.25) is 0 Å². The summed E-state index contributed by atoms with van der Waals surface area (Å²) in [5, 5.41) is 29.0. The molecule has 25 heteroatoms. The number of carbonyl (C=O) groups is 8. The number of guanidine groups is 2. The molecule has 2 aromatic rings. The molecule has 2 fully saturated rings. The van der Waals surface area contributed by atoms with Crippen LogP contribution in [0.1, 0.15) is 55.2 Å². The van der Waals surface area contributed by atoms with E-state index in [1.165, 1.54) is 36.9 Å². The number of terminal acetylenes is 1. The Balaban J connectivity index is 0.000000233. The van der Waals surface area contributed by atoms with Gasteiger partial charge in [0.1, 0.15) is 1.37 Å². The Morgan fingerprint density at radius 3 is 1.48 bits per heavy atom. The molecule has 0 radical (unpaired) electrons. The minimum Gasteiger partial charge on any atom is -0.478 e. The molecule has 0 aromatic heterocycles. The van der Waals surface area contributed by atoms with E-state index in [1.54, 1.807) is 30.5 Å². The third-order valence-corrected chi connectivity index (χ3v) is 8.91. The van der Waals surface area contributed by atoms with Crippen LogP contribution < -0.4 is 32.7 Å². The number of nitrogens with one attached hydrogen (secondary N) is 4. The molecule has 4 unspecified atom stereocenters. The van der Waals surface area contributed by atoms with Gasteiger partial charge in [-0.1, -0.05) is 7.43 Å². The van der Waals surface area contributed by atoms with Crippen LogP contribution in [0.15, 0.2) is 78.5 Å². The number of carboxylic acid groups (broad SMARTS) is 1. The van der Waals surface area contributed by atoms with Crippen LogP contribution in [-0.4, -0.2) is 141 Å². The van der Waals surface area contributed by atoms with Crippen molar-refractivity contribution in [3.8, 4) is 12.8 Å². The van der Waals surface area contributed by atoms with E-state index in [0.29, 0.717) is 35.3 Å². The number of aliphatic imine (C=N–C) groups is 6. The maximum Gasteiger partial charge on any atom is 0.363 e. The molecule has 6 heterocycles. The molecule has 2 saturated heterocycles. The van der Waals surface area contributed by atoms with Gasteiger partial charge in [-0.3, -0.25) is 64.6 Å². The normalized spacial score (nSPS) is 21.5. The number of rotatable bonds is 9. The van der Waals surface area contributed by atoms with Crippen molar-refractivity contribution < 1.29 is 54.9 Å². The van der Waals surface area contributed by atoms with E-state index < -0.39 is 60.0 Å². The van der Waals surface area contributed by atoms with Gasteiger partial charge in [-0.2, -0.15) is 5.06 Å². The third-order valence-electron chi connectivity index (χ3n) is 8.91. The van der Waals surface area contributed by atoms with Crippen molar-refractivity contribution in [2.75, 3.05) is 23.7 Å². The molecule has 2 aromatic carbocycles. The number of anilines is 2. The molecule has 4 atom stereocenters. The summed E-state index contributed by atoms with van der Waals surface area (Å²) in [6.07, 6.45) is 7.94. The summed E-state index contributed by atoms with van der Waals surface area (Å²) >= 11 is 0. The van der Waals surface area contributed by atoms with Crippen molar-refractivity contribution >= 4 is 94.5 Å². The molecule has 0 aliphatic carbocycles. The number of hydroxylamine groups is 4. The van der Waals surface area contributed by atoms with Gasteiger partial charge in [0.05, 0.1) is 35.6 Å². The van der Waals surface area contributed by atoms with Crippen molar-refractivity contribution in [2.45, 2.75) is 57.5 Å². The number of carbonyl (C=O) groups excluding carboxylic acids is 7. The lowest BCUT2D eigenvalue weighted by atomic mass is 10.1. The standard InChI is InChI=1S/C18H17N7O5.C14H14N6O3.C4H5NO3.C2H2.CH4/c19-18-23-15-14(16(28)24-18)22-11(8-21-15)7-20-10-3-1-9(2-4-10)17(29)30-25-12(26)5-6-13(25)27;15-14-19-11-10(12(21)20-14)18-9(6-17-11)5-16-8-3-1-7(2-4-8)13(22)23;6-3-1-2-4(7)5(3)8;1-2;/h1-4,8,14-15,20H,5-7H2,(H3,19,23,24,28);1-4,6,10-11,16H,5H2,(H,22,23)(H3,15,19,20,21);8H,1-2H2;1-2H;1H4/i;;;1D;. The van der Waals surface area contributed by atoms with Crippen LogP contribution in [-0.2, 0) is 33.6 Å². The highest BCUT2D eigenvalue weighted by atomic mass is 16.7. The molecule has 0 bridgehead atoms. The van der Waals surface area contributed by atoms with Crippen LogP contribution >= 0.6 is 0 Å². The van der Waals surface area contributed by atoms with Crippen LogP contribution in [0.4, 0.5) is 11.4 Å². The number of nitrogens with zero attached hydrogens (tertiary/aromatic N) is 8. The van der Waals surface area contributed by atoms with E-state index >= 15 is 0 Å². The van der Waals surface area contributed by atoms with Crippen LogP contribution in [0.5, 0.6) is 0 Å². The van der Waals surface area contributed by atoms with Gasteiger partial charge in [-0.15, -0.1) is 17.9 Å². The fourth-order valence-electron chi connectivity index (χ4n) is 5.77. The van der Waals surface area contributed by atoms with E-state index in [4.69, 9.17) is 28.0 Å². The van der Waals surface area contributed by atoms with Gasteiger partial charge in [0.25, 0.3) is 35.4 Å². The fourth-order valence-corrected chi connectivity index (χ4v) is 5.77. The molecule has 6 aliphatic heterocycles. The number of hydrogen-bond donors (Lipinski definition) is 8. The third kappa shape index (κ3) is 12.2. The summed E-state index contributed by atoms with van der Waals surface area (Å²) in [6.45, 7) is 0.644. The second kappa shape index (κ2) is 21.7. The fraction of sp³-hybridized carbons (Fsp3) is 0.282. The van der Waals surface area contributed by atoms with Crippen molar-refractivity contribution in [3.63, 3.8) is 0 Å². The van der Waals surface area contributed by atoms with Gasteiger partial charge in [0, 0.05) is 49.5 Å². The first-order valence-corrected chi connectivity index (χ1v) is 18.5. The Morgan fingerprint density at radius 2 is 1.11 bits per heavy atom. The molecule has 6 amide bonds. The number of imide groups is 2. The second-order valence-corrected chi connectivity index (χ2v) is 13.2. The lowest BCUT2D eigenvalue weighted by molar-refractivity contribution is -0.173. The lowest BCUT2D eigenvalue weighted by Gasteiger charge is -2.25. The number of carboxylic acids is 1. The lowest BCUT2D eigenvalue weighted by Crippen LogP contribution is -2.52. The highest BCUT2D eigenvalue weighted by Gasteiger charge is 2.36. The Morgan fingerprint density at radius 1 is 0.719 bits per heavy atom. The SMILES string of the molecule is C.NC1=NC2N=CC(CNc3ccc(C(=O)O)cc3)=NC2C(=O)N1.NC1=NC2N=CC(CNc3ccc(C(=O)ON4C(=O)CCC4=O)cc3)=NC2C(=O)N1.O=C1CCC(=O)N1O.[2H]C#C. The summed E-state index contributed by atoms with van der Waals surface area (Å²) in [7, 11) is 0. The van der Waals surface area contributed by atoms with Gasteiger partial charge >= 0.3 is 11.9 Å². The number of hydrogen-bond acceptors (Lipinski definition) is 20. The Kier molecular flexibility index (Phi) is 15.8. The largest absolute Gasteiger partial charge is 0.478 e. The van der Waals surface area contributed by atoms with E-state index in [0.717, 1.165) is 5.69 Å². The summed E-state index contributed by atoms with van der Waals surface area (Å²) in [6, 6.07) is 11.1. The van der Waals surface area contributed by atoms with E-state index in [2.05, 4.69) is 57.6 Å². The molecule has 25 nitrogen and oxygen atoms in total. The van der Waals surface area contributed by atoms with Crippen LogP contribution in [0, 0.1) is 12.8 Å². The Labute approximate surface area is 364 Å². The smallest absolute Gasteiger partial charge is 0.363 e. The summed E-state index contributed by atoms with van der Waals surface area (Å²) in [4.78, 5) is 120. The Hall–Kier alpha value is -8.66. The summed E-state index contributed by atoms with van der Waals surface area (Å²) < 4.78 is 5.74. The van der Waals surface area contributed by atoms with E-state index in [1.807, 2.05) is 0 Å². The van der Waals surface area contributed by atoms with Crippen molar-refractivity contribution in [3.05, 3.63) is 59.7 Å². The second-order valence-electron chi connectivity index (χ2n) is 13.2. The van der Waals surface area contributed by atoms with E-state index in [9.17, 15) is 38.4 Å². The predicted octanol–water partition coefficient (Wildman–Crippen LogP) is -1.14. The zero-order valence-corrected chi connectivity index (χ0v) is 32.7. The van der Waals surface area contributed by atoms with E-state index in [-0.39, 0.29) is 73.0 Å². The van der Waals surface area contributed by atoms with Crippen LogP contribution in [0.2, 0.25) is 0 Å². The molecule has 334 valence electrons. The van der Waals surface area contributed by atoms with Crippen molar-refractivity contribution in [1.82, 2.24) is 20.8 Å². The first-order chi connectivity index (χ1) is 30.6. The quantitative estimate of drug-likeness (QED) is 0.0838. The van der Waals surface area contributed by atoms with Crippen molar-refractivity contribution in [2.24, 2.45) is 41.4 Å². The van der Waals surface area contributed by atoms with Crippen LogP contribution in [0.25, 0.3) is 0 Å². The minimum absolute atomic E-state index is 0. The van der Waals surface area contributed by atoms with Crippen LogP contribution in [0.3, 0.4) is 0 Å². The number of nitrogens with two attached hydrogens (primary N) is 2. The summed E-state index contributed by atoms with van der Waals surface area (Å²) in [5.74, 6) is -4.49. The minimum atomic E-state index is -0.977. The summed E-state index contributed by atoms with van der Waals surface area (Å²) in [5.41, 5.74) is 13.9. The average molecular weight is 884 g/mol. The Bertz CT molecular complexity index is 2410. The van der Waals surface area contributed by atoms with Gasteiger partial charge in [0.15, 0.2) is 36.3 Å². The number of fused-ring (bicyclic) bond motifs is 2. The molecule has 0 saturated carbocycles. The molecule has 0 spiro atoms. The van der Waals surface area contributed by atoms with Crippen molar-refractivity contribution in [1.29, 1.82) is 0 Å². The molecular formula is C39H42N14O11. The van der Waals surface area contributed by atoms with Gasteiger partial charge < -0.3 is 32.0 Å². The van der Waals surface area contributed by atoms with Gasteiger partial charge in [-0.05, 0) is 48.5 Å².